The molecular weight excluding hydrogens is 252 g/mol. The van der Waals surface area contributed by atoms with Gasteiger partial charge in [0, 0.05) is 0 Å². The summed E-state index contributed by atoms with van der Waals surface area (Å²) in [4.78, 5) is 11.7. The minimum absolute atomic E-state index is 0.235. The topological polar surface area (TPSA) is 69.9 Å². The predicted octanol–water partition coefficient (Wildman–Crippen LogP) is 1.68. The van der Waals surface area contributed by atoms with Crippen molar-refractivity contribution in [2.75, 3.05) is 7.11 Å². The van der Waals surface area contributed by atoms with Crippen molar-refractivity contribution in [2.45, 2.75) is 43.1 Å². The fraction of sp³-hybridized carbons (Fsp3) is 0.636. The van der Waals surface area contributed by atoms with Gasteiger partial charge in [0.2, 0.25) is 5.16 Å². The highest BCUT2D eigenvalue weighted by Crippen LogP contribution is 2.25. The first-order valence-electron chi connectivity index (χ1n) is 5.84. The molecular formula is C11H18N4O2S. The average molecular weight is 270 g/mol. The van der Waals surface area contributed by atoms with Crippen molar-refractivity contribution in [2.24, 2.45) is 0 Å². The molecule has 0 saturated carbocycles. The summed E-state index contributed by atoms with van der Waals surface area (Å²) < 4.78 is 6.41. The second-order valence-electron chi connectivity index (χ2n) is 3.70. The van der Waals surface area contributed by atoms with Gasteiger partial charge in [0.25, 0.3) is 0 Å². The molecule has 1 aromatic heterocycles. The molecule has 0 fully saturated rings. The van der Waals surface area contributed by atoms with Crippen molar-refractivity contribution in [3.05, 3.63) is 12.7 Å². The van der Waals surface area contributed by atoms with Gasteiger partial charge in [0.05, 0.1) is 13.7 Å². The Balaban J connectivity index is 2.71. The molecule has 6 nitrogen and oxygen atoms in total. The lowest BCUT2D eigenvalue weighted by molar-refractivity contribution is -0.140. The van der Waals surface area contributed by atoms with Crippen LogP contribution in [0.3, 0.4) is 0 Å². The summed E-state index contributed by atoms with van der Waals surface area (Å²) in [6.45, 7) is 6.25. The molecule has 0 aromatic carbocycles. The number of unbranched alkanes of at least 4 members (excludes halogenated alkanes) is 1. The van der Waals surface area contributed by atoms with Gasteiger partial charge in [-0.3, -0.25) is 4.79 Å². The first-order chi connectivity index (χ1) is 8.72. The van der Waals surface area contributed by atoms with Gasteiger partial charge in [0.15, 0.2) is 0 Å². The Morgan fingerprint density at radius 1 is 1.67 bits per heavy atom. The van der Waals surface area contributed by atoms with E-state index in [1.807, 2.05) is 0 Å². The third kappa shape index (κ3) is 4.14. The standard InChI is InChI=1S/C11H18N4O2S/c1-4-6-7-9(10(16)17-3)18-11-12-13-14-15(11)8-5-2/h5,9H,2,4,6-8H2,1,3H3. The SMILES string of the molecule is C=CCn1nnnc1SC(CCCC)C(=O)OC. The molecule has 1 rings (SSSR count). The Morgan fingerprint density at radius 2 is 2.44 bits per heavy atom. The van der Waals surface area contributed by atoms with Gasteiger partial charge in [-0.25, -0.2) is 4.68 Å². The molecule has 7 heteroatoms. The van der Waals surface area contributed by atoms with E-state index in [-0.39, 0.29) is 11.2 Å². The molecule has 1 aromatic rings. The number of methoxy groups -OCH3 is 1. The molecule has 0 radical (unpaired) electrons. The Kier molecular flexibility index (Phi) is 6.42. The molecule has 0 aliphatic rings. The fourth-order valence-electron chi connectivity index (χ4n) is 1.39. The number of esters is 1. The Bertz CT molecular complexity index is 394. The number of ether oxygens (including phenoxy) is 1. The second-order valence-corrected chi connectivity index (χ2v) is 4.87. The number of tetrazole rings is 1. The van der Waals surface area contributed by atoms with Crippen molar-refractivity contribution in [1.29, 1.82) is 0 Å². The number of rotatable bonds is 8. The van der Waals surface area contributed by atoms with E-state index in [0.29, 0.717) is 11.7 Å². The number of carbonyl (C=O) groups excluding carboxylic acids is 1. The van der Waals surface area contributed by atoms with Gasteiger partial charge < -0.3 is 4.74 Å². The first-order valence-corrected chi connectivity index (χ1v) is 6.72. The lowest BCUT2D eigenvalue weighted by Gasteiger charge is -2.12. The summed E-state index contributed by atoms with van der Waals surface area (Å²) in [6, 6.07) is 0. The molecule has 0 spiro atoms. The van der Waals surface area contributed by atoms with E-state index in [2.05, 4.69) is 29.0 Å². The maximum absolute atomic E-state index is 11.7. The molecule has 100 valence electrons. The molecule has 0 aliphatic carbocycles. The van der Waals surface area contributed by atoms with Crippen LogP contribution in [-0.4, -0.2) is 38.5 Å². The lowest BCUT2D eigenvalue weighted by atomic mass is 10.2. The second kappa shape index (κ2) is 7.86. The smallest absolute Gasteiger partial charge is 0.319 e. The normalized spacial score (nSPS) is 12.1. The molecule has 18 heavy (non-hydrogen) atoms. The Labute approximate surface area is 111 Å². The van der Waals surface area contributed by atoms with Gasteiger partial charge >= 0.3 is 5.97 Å². The monoisotopic (exact) mass is 270 g/mol. The van der Waals surface area contributed by atoms with E-state index in [0.717, 1.165) is 19.3 Å². The van der Waals surface area contributed by atoms with Gasteiger partial charge in [-0.05, 0) is 16.8 Å². The largest absolute Gasteiger partial charge is 0.468 e. The van der Waals surface area contributed by atoms with Crippen LogP contribution < -0.4 is 0 Å². The first kappa shape index (κ1) is 14.7. The van der Waals surface area contributed by atoms with E-state index in [1.165, 1.54) is 18.9 Å². The van der Waals surface area contributed by atoms with Gasteiger partial charge in [0.1, 0.15) is 5.25 Å². The molecule has 0 bridgehead atoms. The van der Waals surface area contributed by atoms with Crippen LogP contribution in [0.1, 0.15) is 26.2 Å². The molecule has 0 saturated heterocycles. The molecule has 1 atom stereocenters. The zero-order valence-electron chi connectivity index (χ0n) is 10.7. The Morgan fingerprint density at radius 3 is 3.06 bits per heavy atom. The summed E-state index contributed by atoms with van der Waals surface area (Å²) in [6.07, 6.45) is 4.47. The van der Waals surface area contributed by atoms with E-state index in [9.17, 15) is 4.79 Å². The Hall–Kier alpha value is -1.37. The third-order valence-electron chi connectivity index (χ3n) is 2.33. The van der Waals surface area contributed by atoms with Crippen LogP contribution in [0, 0.1) is 0 Å². The van der Waals surface area contributed by atoms with Crippen molar-refractivity contribution in [3.8, 4) is 0 Å². The maximum Gasteiger partial charge on any atom is 0.319 e. The summed E-state index contributed by atoms with van der Waals surface area (Å²) in [5.41, 5.74) is 0. The average Bonchev–Trinajstić information content (AvgIpc) is 2.81. The van der Waals surface area contributed by atoms with E-state index >= 15 is 0 Å². The van der Waals surface area contributed by atoms with Crippen LogP contribution in [0.2, 0.25) is 0 Å². The van der Waals surface area contributed by atoms with Gasteiger partial charge in [-0.15, -0.1) is 11.7 Å². The minimum atomic E-state index is -0.260. The van der Waals surface area contributed by atoms with Gasteiger partial charge in [-0.2, -0.15) is 0 Å². The number of aromatic nitrogens is 4. The van der Waals surface area contributed by atoms with E-state index in [1.54, 1.807) is 10.8 Å². The lowest BCUT2D eigenvalue weighted by Crippen LogP contribution is -2.19. The van der Waals surface area contributed by atoms with Crippen molar-refractivity contribution in [3.63, 3.8) is 0 Å². The molecule has 1 unspecified atom stereocenters. The number of nitrogens with zero attached hydrogens (tertiary/aromatic N) is 4. The third-order valence-corrected chi connectivity index (χ3v) is 3.55. The summed E-state index contributed by atoms with van der Waals surface area (Å²) in [7, 11) is 1.40. The van der Waals surface area contributed by atoms with Crippen LogP contribution in [0.25, 0.3) is 0 Å². The quantitative estimate of drug-likeness (QED) is 0.407. The van der Waals surface area contributed by atoms with Crippen molar-refractivity contribution in [1.82, 2.24) is 20.2 Å². The number of carbonyl (C=O) groups is 1. The number of thioether (sulfide) groups is 1. The zero-order chi connectivity index (χ0) is 13.4. The molecule has 0 aliphatic heterocycles. The predicted molar refractivity (Wildman–Crippen MR) is 69.2 cm³/mol. The molecule has 0 N–H and O–H groups in total. The summed E-state index contributed by atoms with van der Waals surface area (Å²) in [5, 5.41) is 11.7. The minimum Gasteiger partial charge on any atom is -0.468 e. The van der Waals surface area contributed by atoms with Crippen LogP contribution >= 0.6 is 11.8 Å². The maximum atomic E-state index is 11.7. The van der Waals surface area contributed by atoms with Gasteiger partial charge in [-0.1, -0.05) is 37.6 Å². The highest BCUT2D eigenvalue weighted by molar-refractivity contribution is 8.00. The summed E-state index contributed by atoms with van der Waals surface area (Å²) >= 11 is 1.34. The number of allylic oxidation sites excluding steroid dienone is 1. The summed E-state index contributed by atoms with van der Waals surface area (Å²) in [5.74, 6) is -0.235. The number of hydrogen-bond donors (Lipinski definition) is 0. The van der Waals surface area contributed by atoms with Crippen molar-refractivity contribution < 1.29 is 9.53 Å². The van der Waals surface area contributed by atoms with E-state index in [4.69, 9.17) is 4.74 Å². The highest BCUT2D eigenvalue weighted by atomic mass is 32.2. The zero-order valence-corrected chi connectivity index (χ0v) is 11.5. The molecule has 1 heterocycles. The van der Waals surface area contributed by atoms with Crippen LogP contribution in [-0.2, 0) is 16.1 Å². The van der Waals surface area contributed by atoms with Crippen molar-refractivity contribution >= 4 is 17.7 Å². The highest BCUT2D eigenvalue weighted by Gasteiger charge is 2.22. The van der Waals surface area contributed by atoms with Crippen LogP contribution in [0.15, 0.2) is 17.8 Å². The molecule has 0 amide bonds. The van der Waals surface area contributed by atoms with Crippen LogP contribution in [0.4, 0.5) is 0 Å². The van der Waals surface area contributed by atoms with E-state index < -0.39 is 0 Å². The van der Waals surface area contributed by atoms with Crippen LogP contribution in [0.5, 0.6) is 0 Å². The number of hydrogen-bond acceptors (Lipinski definition) is 6. The fourth-order valence-corrected chi connectivity index (χ4v) is 2.44.